The minimum absolute atomic E-state index is 0.0539. The van der Waals surface area contributed by atoms with Gasteiger partial charge in [-0.3, -0.25) is 5.10 Å². The number of nitrogens with zero attached hydrogens (tertiary/aromatic N) is 2. The van der Waals surface area contributed by atoms with Crippen LogP contribution >= 0.6 is 0 Å². The molecule has 124 valence electrons. The highest BCUT2D eigenvalue weighted by Gasteiger charge is 2.35. The first kappa shape index (κ1) is 16.0. The van der Waals surface area contributed by atoms with Gasteiger partial charge >= 0.3 is 12.1 Å². The van der Waals surface area contributed by atoms with E-state index in [0.717, 1.165) is 11.6 Å². The van der Waals surface area contributed by atoms with Crippen molar-refractivity contribution in [3.63, 3.8) is 0 Å². The number of fused-ring (bicyclic) bond motifs is 1. The van der Waals surface area contributed by atoms with Crippen LogP contribution in [0.15, 0.2) is 42.6 Å². The molecule has 0 radical (unpaired) electrons. The zero-order chi connectivity index (χ0) is 17.2. The number of H-pyrrole nitrogens is 1. The quantitative estimate of drug-likeness (QED) is 0.742. The van der Waals surface area contributed by atoms with Crippen LogP contribution in [0.3, 0.4) is 0 Å². The normalized spacial score (nSPS) is 11.6. The molecule has 5 nitrogen and oxygen atoms in total. The molecule has 8 heteroatoms. The maximum atomic E-state index is 12.7. The number of aromatic nitrogens is 3. The summed E-state index contributed by atoms with van der Waals surface area (Å²) in [6.45, 7) is -0.198. The number of carbonyl (C=O) groups is 1. The Morgan fingerprint density at radius 3 is 2.75 bits per heavy atom. The van der Waals surface area contributed by atoms with E-state index in [9.17, 15) is 18.0 Å². The molecule has 24 heavy (non-hydrogen) atoms. The Hall–Kier alpha value is -2.90. The van der Waals surface area contributed by atoms with Crippen LogP contribution in [0.1, 0.15) is 21.7 Å². The molecule has 0 aliphatic rings. The maximum Gasteiger partial charge on any atom is 0.433 e. The predicted molar refractivity (Wildman–Crippen MR) is 79.3 cm³/mol. The third kappa shape index (κ3) is 3.37. The van der Waals surface area contributed by atoms with Gasteiger partial charge in [0.15, 0.2) is 0 Å². The van der Waals surface area contributed by atoms with Gasteiger partial charge in [0.2, 0.25) is 0 Å². The molecule has 0 atom stereocenters. The van der Waals surface area contributed by atoms with Crippen LogP contribution in [0.4, 0.5) is 13.2 Å². The second-order valence-electron chi connectivity index (χ2n) is 5.04. The largest absolute Gasteiger partial charge is 0.461 e. The summed E-state index contributed by atoms with van der Waals surface area (Å²) < 4.78 is 43.1. The minimum Gasteiger partial charge on any atom is -0.461 e. The third-order valence-corrected chi connectivity index (χ3v) is 3.41. The van der Waals surface area contributed by atoms with Crippen molar-refractivity contribution >= 4 is 16.9 Å². The lowest BCUT2D eigenvalue weighted by atomic mass is 10.2. The van der Waals surface area contributed by atoms with Gasteiger partial charge in [0, 0.05) is 17.4 Å². The van der Waals surface area contributed by atoms with E-state index >= 15 is 0 Å². The van der Waals surface area contributed by atoms with Gasteiger partial charge in [-0.1, -0.05) is 24.3 Å². The topological polar surface area (TPSA) is 67.9 Å². The molecule has 0 saturated heterocycles. The Morgan fingerprint density at radius 2 is 1.96 bits per heavy atom. The van der Waals surface area contributed by atoms with E-state index in [2.05, 4.69) is 10.1 Å². The number of alkyl halides is 3. The molecule has 3 aromatic rings. The van der Waals surface area contributed by atoms with Crippen LogP contribution in [0.25, 0.3) is 10.9 Å². The van der Waals surface area contributed by atoms with Gasteiger partial charge in [-0.25, -0.2) is 9.78 Å². The van der Waals surface area contributed by atoms with E-state index in [-0.39, 0.29) is 24.3 Å². The van der Waals surface area contributed by atoms with Crippen LogP contribution in [0, 0.1) is 0 Å². The van der Waals surface area contributed by atoms with Gasteiger partial charge in [0.25, 0.3) is 0 Å². The molecule has 0 amide bonds. The Bertz CT molecular complexity index is 874. The smallest absolute Gasteiger partial charge is 0.433 e. The average molecular weight is 335 g/mol. The number of benzene rings is 1. The van der Waals surface area contributed by atoms with Gasteiger partial charge in [0.1, 0.15) is 11.4 Å². The summed E-state index contributed by atoms with van der Waals surface area (Å²) in [6.07, 6.45) is -3.54. The van der Waals surface area contributed by atoms with Crippen LogP contribution in [-0.4, -0.2) is 27.8 Å². The van der Waals surface area contributed by atoms with E-state index in [1.165, 1.54) is 6.07 Å². The van der Waals surface area contributed by atoms with Crippen molar-refractivity contribution < 1.29 is 22.7 Å². The second kappa shape index (κ2) is 6.31. The monoisotopic (exact) mass is 335 g/mol. The molecule has 0 bridgehead atoms. The number of hydrogen-bond acceptors (Lipinski definition) is 4. The van der Waals surface area contributed by atoms with E-state index in [4.69, 9.17) is 4.74 Å². The minimum atomic E-state index is -4.52. The van der Waals surface area contributed by atoms with Gasteiger partial charge in [-0.2, -0.15) is 18.3 Å². The SMILES string of the molecule is O=C(OCCc1cn[nH]c1C(F)(F)F)c1ccc2ccccc2n1. The number of ether oxygens (including phenoxy) is 1. The lowest BCUT2D eigenvalue weighted by Crippen LogP contribution is -2.13. The summed E-state index contributed by atoms with van der Waals surface area (Å²) in [5.41, 5.74) is -0.234. The van der Waals surface area contributed by atoms with Crippen molar-refractivity contribution in [2.45, 2.75) is 12.6 Å². The van der Waals surface area contributed by atoms with Crippen molar-refractivity contribution in [2.24, 2.45) is 0 Å². The number of carbonyl (C=O) groups excluding carboxylic acids is 1. The predicted octanol–water partition coefficient (Wildman–Crippen LogP) is 3.38. The molecule has 1 aromatic carbocycles. The molecule has 0 unspecified atom stereocenters. The summed E-state index contributed by atoms with van der Waals surface area (Å²) in [4.78, 5) is 16.1. The molecule has 0 spiro atoms. The van der Waals surface area contributed by atoms with Crippen molar-refractivity contribution in [1.82, 2.24) is 15.2 Å². The first-order chi connectivity index (χ1) is 11.4. The zero-order valence-corrected chi connectivity index (χ0v) is 12.3. The van der Waals surface area contributed by atoms with Gasteiger partial charge in [0.05, 0.1) is 18.3 Å². The molecule has 2 heterocycles. The zero-order valence-electron chi connectivity index (χ0n) is 12.3. The highest BCUT2D eigenvalue weighted by Crippen LogP contribution is 2.30. The van der Waals surface area contributed by atoms with Gasteiger partial charge < -0.3 is 4.74 Å². The number of para-hydroxylation sites is 1. The summed E-state index contributed by atoms with van der Waals surface area (Å²) in [5.74, 6) is -0.683. The number of nitrogens with one attached hydrogen (secondary N) is 1. The maximum absolute atomic E-state index is 12.7. The third-order valence-electron chi connectivity index (χ3n) is 3.41. The Morgan fingerprint density at radius 1 is 1.17 bits per heavy atom. The summed E-state index contributed by atoms with van der Waals surface area (Å²) >= 11 is 0. The fourth-order valence-electron chi connectivity index (χ4n) is 2.25. The van der Waals surface area contributed by atoms with Crippen LogP contribution in [0.5, 0.6) is 0 Å². The van der Waals surface area contributed by atoms with Crippen LogP contribution in [0.2, 0.25) is 0 Å². The number of hydrogen-bond donors (Lipinski definition) is 1. The van der Waals surface area contributed by atoms with Gasteiger partial charge in [-0.15, -0.1) is 0 Å². The lowest BCUT2D eigenvalue weighted by molar-refractivity contribution is -0.141. The molecule has 2 aromatic heterocycles. The first-order valence-electron chi connectivity index (χ1n) is 7.07. The first-order valence-corrected chi connectivity index (χ1v) is 7.07. The Balaban J connectivity index is 1.64. The highest BCUT2D eigenvalue weighted by molar-refractivity contribution is 5.90. The lowest BCUT2D eigenvalue weighted by Gasteiger charge is -2.08. The van der Waals surface area contributed by atoms with E-state index in [0.29, 0.717) is 5.52 Å². The number of pyridine rings is 1. The Kier molecular flexibility index (Phi) is 4.20. The molecule has 1 N–H and O–H groups in total. The summed E-state index contributed by atoms with van der Waals surface area (Å²) in [5, 5.41) is 6.17. The van der Waals surface area contributed by atoms with E-state index in [1.807, 2.05) is 17.2 Å². The fraction of sp³-hybridized carbons (Fsp3) is 0.188. The molecular formula is C16H12F3N3O2. The molecule has 0 aliphatic heterocycles. The van der Waals surface area contributed by atoms with Crippen molar-refractivity contribution in [1.29, 1.82) is 0 Å². The molecular weight excluding hydrogens is 323 g/mol. The number of rotatable bonds is 4. The van der Waals surface area contributed by atoms with Crippen molar-refractivity contribution in [3.8, 4) is 0 Å². The molecule has 0 fully saturated rings. The van der Waals surface area contributed by atoms with Gasteiger partial charge in [-0.05, 0) is 12.1 Å². The van der Waals surface area contributed by atoms with Crippen LogP contribution in [-0.2, 0) is 17.3 Å². The van der Waals surface area contributed by atoms with Crippen LogP contribution < -0.4 is 0 Å². The summed E-state index contributed by atoms with van der Waals surface area (Å²) in [7, 11) is 0. The van der Waals surface area contributed by atoms with Crippen molar-refractivity contribution in [3.05, 3.63) is 59.5 Å². The average Bonchev–Trinajstić information content (AvgIpc) is 3.03. The number of halogens is 3. The van der Waals surface area contributed by atoms with Crippen molar-refractivity contribution in [2.75, 3.05) is 6.61 Å². The van der Waals surface area contributed by atoms with E-state index < -0.39 is 17.8 Å². The Labute approximate surface area is 134 Å². The highest BCUT2D eigenvalue weighted by atomic mass is 19.4. The standard InChI is InChI=1S/C16H12F3N3O2/c17-16(18,19)14-11(9-20-22-14)7-8-24-15(23)13-6-5-10-3-1-2-4-12(10)21-13/h1-6,9H,7-8H2,(H,20,22). The molecule has 3 rings (SSSR count). The molecule has 0 saturated carbocycles. The molecule has 0 aliphatic carbocycles. The number of esters is 1. The second-order valence-corrected chi connectivity index (χ2v) is 5.04. The summed E-state index contributed by atoms with van der Waals surface area (Å²) in [6, 6.07) is 10.5. The fourth-order valence-corrected chi connectivity index (χ4v) is 2.25. The number of aromatic amines is 1. The van der Waals surface area contributed by atoms with E-state index in [1.54, 1.807) is 18.2 Å².